The van der Waals surface area contributed by atoms with E-state index in [0.29, 0.717) is 31.5 Å². The summed E-state index contributed by atoms with van der Waals surface area (Å²) < 4.78 is 41.9. The highest BCUT2D eigenvalue weighted by Crippen LogP contribution is 2.17. The highest BCUT2D eigenvalue weighted by molar-refractivity contribution is 7.99. The van der Waals surface area contributed by atoms with E-state index in [0.717, 1.165) is 11.3 Å². The molecule has 0 unspecified atom stereocenters. The average Bonchev–Trinajstić information content (AvgIpc) is 2.56. The van der Waals surface area contributed by atoms with E-state index < -0.39 is 18.6 Å². The highest BCUT2D eigenvalue weighted by atomic mass is 32.2. The van der Waals surface area contributed by atoms with Crippen molar-refractivity contribution < 1.29 is 22.7 Å². The van der Waals surface area contributed by atoms with Crippen molar-refractivity contribution in [3.63, 3.8) is 0 Å². The fourth-order valence-electron chi connectivity index (χ4n) is 2.43. The van der Waals surface area contributed by atoms with Gasteiger partial charge in [-0.3, -0.25) is 9.69 Å². The lowest BCUT2D eigenvalue weighted by molar-refractivity contribution is -0.140. The van der Waals surface area contributed by atoms with Gasteiger partial charge < -0.3 is 10.1 Å². The molecule has 1 N–H and O–H groups in total. The van der Waals surface area contributed by atoms with Crippen LogP contribution in [0.1, 0.15) is 18.9 Å². The molecule has 0 radical (unpaired) electrons. The first kappa shape index (κ1) is 19.9. The Balaban J connectivity index is 1.90. The van der Waals surface area contributed by atoms with Gasteiger partial charge in [0.25, 0.3) is 0 Å². The first-order chi connectivity index (χ1) is 11.9. The number of morpholine rings is 1. The van der Waals surface area contributed by atoms with E-state index in [4.69, 9.17) is 4.74 Å². The van der Waals surface area contributed by atoms with Crippen molar-refractivity contribution in [2.75, 3.05) is 32.1 Å². The molecule has 10 heteroatoms. The van der Waals surface area contributed by atoms with E-state index in [1.54, 1.807) is 24.2 Å². The molecule has 0 spiro atoms. The third kappa shape index (κ3) is 7.17. The molecule has 1 saturated heterocycles. The summed E-state index contributed by atoms with van der Waals surface area (Å²) in [7, 11) is 0. The van der Waals surface area contributed by atoms with Gasteiger partial charge >= 0.3 is 6.18 Å². The third-order valence-electron chi connectivity index (χ3n) is 3.60. The molecule has 140 valence electrons. The van der Waals surface area contributed by atoms with Crippen LogP contribution in [0.4, 0.5) is 13.2 Å². The Morgan fingerprint density at radius 2 is 2.16 bits per heavy atom. The molecule has 0 aliphatic carbocycles. The maximum absolute atomic E-state index is 12.2. The van der Waals surface area contributed by atoms with Crippen LogP contribution < -0.4 is 5.32 Å². The Labute approximate surface area is 148 Å². The van der Waals surface area contributed by atoms with Gasteiger partial charge in [-0.2, -0.15) is 13.2 Å². The average molecular weight is 378 g/mol. The van der Waals surface area contributed by atoms with Crippen LogP contribution in [-0.2, 0) is 16.1 Å². The number of ether oxygens (including phenoxy) is 1. The van der Waals surface area contributed by atoms with Gasteiger partial charge in [-0.25, -0.2) is 9.97 Å². The van der Waals surface area contributed by atoms with Crippen molar-refractivity contribution in [1.29, 1.82) is 0 Å². The van der Waals surface area contributed by atoms with E-state index in [2.05, 4.69) is 9.97 Å². The molecule has 2 rings (SSSR count). The van der Waals surface area contributed by atoms with Gasteiger partial charge in [0.1, 0.15) is 6.54 Å². The molecule has 1 fully saturated rings. The minimum atomic E-state index is -4.41. The lowest BCUT2D eigenvalue weighted by Crippen LogP contribution is -2.47. The van der Waals surface area contributed by atoms with Crippen LogP contribution in [0.25, 0.3) is 0 Å². The summed E-state index contributed by atoms with van der Waals surface area (Å²) in [5, 5.41) is 2.61. The Bertz CT molecular complexity index is 557. The van der Waals surface area contributed by atoms with Crippen molar-refractivity contribution in [3.8, 4) is 0 Å². The molecule has 1 aliphatic heterocycles. The predicted octanol–water partition coefficient (Wildman–Crippen LogP) is 1.86. The van der Waals surface area contributed by atoms with Crippen LogP contribution in [-0.4, -0.2) is 65.0 Å². The summed E-state index contributed by atoms with van der Waals surface area (Å²) in [5.41, 5.74) is 0.892. The van der Waals surface area contributed by atoms with Crippen LogP contribution in [0.15, 0.2) is 17.6 Å². The fraction of sp³-hybridized carbons (Fsp3) is 0.667. The summed E-state index contributed by atoms with van der Waals surface area (Å²) >= 11 is 1.55. The third-order valence-corrected chi connectivity index (χ3v) is 4.35. The number of hydrogen-bond donors (Lipinski definition) is 1. The number of halogens is 3. The van der Waals surface area contributed by atoms with Gasteiger partial charge in [-0.15, -0.1) is 0 Å². The van der Waals surface area contributed by atoms with Crippen molar-refractivity contribution in [1.82, 2.24) is 20.2 Å². The first-order valence-electron chi connectivity index (χ1n) is 7.96. The Morgan fingerprint density at radius 3 is 2.80 bits per heavy atom. The maximum Gasteiger partial charge on any atom is 0.405 e. The second-order valence-corrected chi connectivity index (χ2v) is 6.83. The van der Waals surface area contributed by atoms with Gasteiger partial charge in [-0.05, 0) is 5.75 Å². The standard InChI is InChI=1S/C15H21F3N4O2S/c1-2-25-14-19-6-11(7-20-14)8-22-3-4-24-9-12(22)5-13(23)21-10-15(16,17)18/h6-7,12H,2-5,8-10H2,1H3,(H,21,23)/t12-/m1/s1. The predicted molar refractivity (Wildman–Crippen MR) is 87.1 cm³/mol. The second kappa shape index (κ2) is 9.35. The van der Waals surface area contributed by atoms with Gasteiger partial charge in [0.05, 0.1) is 13.2 Å². The number of thioether (sulfide) groups is 1. The second-order valence-electron chi connectivity index (χ2n) is 5.60. The van der Waals surface area contributed by atoms with Crippen molar-refractivity contribution >= 4 is 17.7 Å². The fourth-order valence-corrected chi connectivity index (χ4v) is 2.95. The summed E-state index contributed by atoms with van der Waals surface area (Å²) in [4.78, 5) is 22.3. The van der Waals surface area contributed by atoms with Crippen molar-refractivity contribution in [3.05, 3.63) is 18.0 Å². The summed E-state index contributed by atoms with van der Waals surface area (Å²) in [6, 6.07) is -0.272. The molecule has 0 bridgehead atoms. The van der Waals surface area contributed by atoms with E-state index in [9.17, 15) is 18.0 Å². The number of nitrogens with one attached hydrogen (secondary N) is 1. The molecule has 1 amide bonds. The van der Waals surface area contributed by atoms with Gasteiger partial charge in [0.15, 0.2) is 5.16 Å². The molecule has 1 atom stereocenters. The van der Waals surface area contributed by atoms with Crippen LogP contribution in [0.2, 0.25) is 0 Å². The monoisotopic (exact) mass is 378 g/mol. The smallest absolute Gasteiger partial charge is 0.378 e. The van der Waals surface area contributed by atoms with Crippen LogP contribution >= 0.6 is 11.8 Å². The number of amides is 1. The number of alkyl halides is 3. The zero-order valence-electron chi connectivity index (χ0n) is 13.9. The zero-order chi connectivity index (χ0) is 18.3. The number of rotatable bonds is 7. The first-order valence-corrected chi connectivity index (χ1v) is 8.95. The minimum Gasteiger partial charge on any atom is -0.378 e. The number of aromatic nitrogens is 2. The van der Waals surface area contributed by atoms with Crippen LogP contribution in [0, 0.1) is 0 Å². The lowest BCUT2D eigenvalue weighted by atomic mass is 10.1. The maximum atomic E-state index is 12.2. The Hall–Kier alpha value is -1.39. The quantitative estimate of drug-likeness (QED) is 0.577. The van der Waals surface area contributed by atoms with Crippen molar-refractivity contribution in [2.24, 2.45) is 0 Å². The number of carbonyl (C=O) groups excluding carboxylic acids is 1. The SMILES string of the molecule is CCSc1ncc(CN2CCOC[C@H]2CC(=O)NCC(F)(F)F)cn1. The molecule has 1 aromatic rings. The molecule has 0 saturated carbocycles. The molecular formula is C15H21F3N4O2S. The van der Waals surface area contributed by atoms with Crippen LogP contribution in [0.3, 0.4) is 0 Å². The van der Waals surface area contributed by atoms with E-state index in [1.807, 2.05) is 17.1 Å². The lowest BCUT2D eigenvalue weighted by Gasteiger charge is -2.35. The van der Waals surface area contributed by atoms with E-state index in [-0.39, 0.29) is 12.5 Å². The van der Waals surface area contributed by atoms with E-state index >= 15 is 0 Å². The van der Waals surface area contributed by atoms with E-state index in [1.165, 1.54) is 0 Å². The highest BCUT2D eigenvalue weighted by Gasteiger charge is 2.30. The summed E-state index contributed by atoms with van der Waals surface area (Å²) in [6.07, 6.45) is -0.975. The minimum absolute atomic E-state index is 0.0410. The normalized spacial score (nSPS) is 19.0. The largest absolute Gasteiger partial charge is 0.405 e. The summed E-state index contributed by atoms with van der Waals surface area (Å²) in [6.45, 7) is 2.66. The molecule has 1 aliphatic rings. The molecule has 6 nitrogen and oxygen atoms in total. The number of hydrogen-bond acceptors (Lipinski definition) is 6. The molecular weight excluding hydrogens is 357 g/mol. The molecule has 1 aromatic heterocycles. The van der Waals surface area contributed by atoms with Crippen molar-refractivity contribution in [2.45, 2.75) is 37.3 Å². The van der Waals surface area contributed by atoms with Gasteiger partial charge in [0, 0.05) is 43.5 Å². The molecule has 25 heavy (non-hydrogen) atoms. The van der Waals surface area contributed by atoms with Gasteiger partial charge in [0.2, 0.25) is 5.91 Å². The van der Waals surface area contributed by atoms with Crippen LogP contribution in [0.5, 0.6) is 0 Å². The zero-order valence-corrected chi connectivity index (χ0v) is 14.7. The molecule has 2 heterocycles. The topological polar surface area (TPSA) is 67.4 Å². The number of carbonyl (C=O) groups is 1. The van der Waals surface area contributed by atoms with Gasteiger partial charge in [-0.1, -0.05) is 18.7 Å². The Morgan fingerprint density at radius 1 is 1.44 bits per heavy atom. The summed E-state index contributed by atoms with van der Waals surface area (Å²) in [5.74, 6) is 0.251. The number of nitrogens with zero attached hydrogens (tertiary/aromatic N) is 3. The Kier molecular flexibility index (Phi) is 7.45. The molecule has 0 aromatic carbocycles.